The van der Waals surface area contributed by atoms with Gasteiger partial charge in [-0.05, 0) is 42.7 Å². The summed E-state index contributed by atoms with van der Waals surface area (Å²) in [4.78, 5) is 12.3. The molecule has 0 saturated carbocycles. The molecule has 3 nitrogen and oxygen atoms in total. The number of carbonyl (C=O) groups excluding carboxylic acids is 1. The fraction of sp³-hybridized carbons (Fsp3) is 0.235. The van der Waals surface area contributed by atoms with E-state index in [0.29, 0.717) is 11.1 Å². The second-order valence-corrected chi connectivity index (χ2v) is 5.79. The van der Waals surface area contributed by atoms with E-state index in [1.54, 1.807) is 32.0 Å². The van der Waals surface area contributed by atoms with Gasteiger partial charge in [-0.25, -0.2) is 4.39 Å². The molecule has 2 aromatic carbocycles. The van der Waals surface area contributed by atoms with Crippen LogP contribution < -0.4 is 5.32 Å². The SMILES string of the molecule is CC(C)(O)c1cccc2c1C(=O)NC2c1ccc(F)cc1. The first-order chi connectivity index (χ1) is 9.88. The van der Waals surface area contributed by atoms with E-state index in [4.69, 9.17) is 0 Å². The number of hydrogen-bond donors (Lipinski definition) is 2. The van der Waals surface area contributed by atoms with Gasteiger partial charge in [0, 0.05) is 0 Å². The van der Waals surface area contributed by atoms with E-state index in [0.717, 1.165) is 11.1 Å². The summed E-state index contributed by atoms with van der Waals surface area (Å²) in [5.41, 5.74) is 1.64. The second kappa shape index (κ2) is 4.67. The van der Waals surface area contributed by atoms with E-state index in [1.807, 2.05) is 12.1 Å². The van der Waals surface area contributed by atoms with Crippen molar-refractivity contribution in [2.24, 2.45) is 0 Å². The van der Waals surface area contributed by atoms with Crippen LogP contribution in [-0.2, 0) is 5.60 Å². The average Bonchev–Trinajstić information content (AvgIpc) is 2.76. The molecule has 2 N–H and O–H groups in total. The van der Waals surface area contributed by atoms with Crippen molar-refractivity contribution in [2.45, 2.75) is 25.5 Å². The van der Waals surface area contributed by atoms with Crippen LogP contribution in [0.25, 0.3) is 0 Å². The predicted octanol–water partition coefficient (Wildman–Crippen LogP) is 2.89. The van der Waals surface area contributed by atoms with Crippen molar-refractivity contribution >= 4 is 5.91 Å². The lowest BCUT2D eigenvalue weighted by molar-refractivity contribution is 0.0753. The van der Waals surface area contributed by atoms with Crippen LogP contribution in [0.5, 0.6) is 0 Å². The van der Waals surface area contributed by atoms with Gasteiger partial charge < -0.3 is 10.4 Å². The molecule has 1 aliphatic heterocycles. The van der Waals surface area contributed by atoms with Crippen LogP contribution in [0.15, 0.2) is 42.5 Å². The van der Waals surface area contributed by atoms with E-state index in [9.17, 15) is 14.3 Å². The Bertz CT molecular complexity index is 702. The molecule has 0 spiro atoms. The van der Waals surface area contributed by atoms with Crippen molar-refractivity contribution in [1.82, 2.24) is 5.32 Å². The Labute approximate surface area is 122 Å². The number of aliphatic hydroxyl groups is 1. The predicted molar refractivity (Wildman–Crippen MR) is 77.4 cm³/mol. The summed E-state index contributed by atoms with van der Waals surface area (Å²) in [6.45, 7) is 3.31. The van der Waals surface area contributed by atoms with E-state index >= 15 is 0 Å². The molecule has 0 bridgehead atoms. The van der Waals surface area contributed by atoms with Crippen LogP contribution in [0.2, 0.25) is 0 Å². The molecule has 108 valence electrons. The first kappa shape index (κ1) is 13.8. The first-order valence-electron chi connectivity index (χ1n) is 6.80. The van der Waals surface area contributed by atoms with Gasteiger partial charge in [0.15, 0.2) is 0 Å². The third-order valence-corrected chi connectivity index (χ3v) is 3.77. The fourth-order valence-corrected chi connectivity index (χ4v) is 2.77. The van der Waals surface area contributed by atoms with Crippen LogP contribution >= 0.6 is 0 Å². The fourth-order valence-electron chi connectivity index (χ4n) is 2.77. The van der Waals surface area contributed by atoms with Gasteiger partial charge in [-0.1, -0.05) is 30.3 Å². The van der Waals surface area contributed by atoms with Crippen LogP contribution in [0, 0.1) is 5.82 Å². The quantitative estimate of drug-likeness (QED) is 0.891. The number of fused-ring (bicyclic) bond motifs is 1. The summed E-state index contributed by atoms with van der Waals surface area (Å²) in [5, 5.41) is 13.1. The third-order valence-electron chi connectivity index (χ3n) is 3.77. The Morgan fingerprint density at radius 2 is 1.81 bits per heavy atom. The zero-order chi connectivity index (χ0) is 15.2. The Kier molecular flexibility index (Phi) is 3.06. The maximum Gasteiger partial charge on any atom is 0.252 e. The number of carbonyl (C=O) groups is 1. The highest BCUT2D eigenvalue weighted by Crippen LogP contribution is 2.36. The summed E-state index contributed by atoms with van der Waals surface area (Å²) in [5.74, 6) is -0.523. The number of benzene rings is 2. The van der Waals surface area contributed by atoms with Crippen molar-refractivity contribution in [1.29, 1.82) is 0 Å². The normalized spacial score (nSPS) is 17.5. The average molecular weight is 285 g/mol. The van der Waals surface area contributed by atoms with Gasteiger partial charge in [-0.3, -0.25) is 4.79 Å². The van der Waals surface area contributed by atoms with Crippen LogP contribution in [0.3, 0.4) is 0 Å². The van der Waals surface area contributed by atoms with Gasteiger partial charge >= 0.3 is 0 Å². The van der Waals surface area contributed by atoms with Gasteiger partial charge in [0.25, 0.3) is 5.91 Å². The number of hydrogen-bond acceptors (Lipinski definition) is 2. The second-order valence-electron chi connectivity index (χ2n) is 5.79. The molecule has 2 aromatic rings. The van der Waals surface area contributed by atoms with Gasteiger partial charge in [-0.15, -0.1) is 0 Å². The highest BCUT2D eigenvalue weighted by molar-refractivity contribution is 6.01. The van der Waals surface area contributed by atoms with E-state index < -0.39 is 5.60 Å². The van der Waals surface area contributed by atoms with Crippen molar-refractivity contribution < 1.29 is 14.3 Å². The van der Waals surface area contributed by atoms with Crippen LogP contribution in [0.4, 0.5) is 4.39 Å². The van der Waals surface area contributed by atoms with Crippen LogP contribution in [-0.4, -0.2) is 11.0 Å². The molecule has 0 aliphatic carbocycles. The van der Waals surface area contributed by atoms with Crippen LogP contribution in [0.1, 0.15) is 46.9 Å². The number of amides is 1. The Morgan fingerprint density at radius 3 is 2.43 bits per heavy atom. The smallest absolute Gasteiger partial charge is 0.252 e. The summed E-state index contributed by atoms with van der Waals surface area (Å²) in [7, 11) is 0. The third kappa shape index (κ3) is 2.32. The lowest BCUT2D eigenvalue weighted by atomic mass is 9.88. The van der Waals surface area contributed by atoms with Gasteiger partial charge in [0.05, 0.1) is 17.2 Å². The van der Waals surface area contributed by atoms with Gasteiger partial charge in [0.2, 0.25) is 0 Å². The molecule has 0 saturated heterocycles. The maximum atomic E-state index is 13.0. The zero-order valence-electron chi connectivity index (χ0n) is 11.9. The molecule has 1 atom stereocenters. The van der Waals surface area contributed by atoms with E-state index in [-0.39, 0.29) is 17.8 Å². The molecule has 1 aliphatic rings. The minimum atomic E-state index is -1.10. The van der Waals surface area contributed by atoms with Crippen molar-refractivity contribution in [2.75, 3.05) is 0 Å². The number of rotatable bonds is 2. The highest BCUT2D eigenvalue weighted by atomic mass is 19.1. The molecule has 1 heterocycles. The summed E-state index contributed by atoms with van der Waals surface area (Å²) < 4.78 is 13.0. The first-order valence-corrected chi connectivity index (χ1v) is 6.80. The van der Waals surface area contributed by atoms with E-state index in [2.05, 4.69) is 5.32 Å². The minimum Gasteiger partial charge on any atom is -0.386 e. The molecular weight excluding hydrogens is 269 g/mol. The molecule has 21 heavy (non-hydrogen) atoms. The summed E-state index contributed by atoms with van der Waals surface area (Å²) in [6.07, 6.45) is 0. The van der Waals surface area contributed by atoms with Gasteiger partial charge in [-0.2, -0.15) is 0 Å². The molecular formula is C17H16FNO2. The van der Waals surface area contributed by atoms with Gasteiger partial charge in [0.1, 0.15) is 5.82 Å². The van der Waals surface area contributed by atoms with E-state index in [1.165, 1.54) is 12.1 Å². The zero-order valence-corrected chi connectivity index (χ0v) is 11.9. The Hall–Kier alpha value is -2.20. The molecule has 3 rings (SSSR count). The molecule has 0 radical (unpaired) electrons. The van der Waals surface area contributed by atoms with Crippen molar-refractivity contribution in [3.8, 4) is 0 Å². The largest absolute Gasteiger partial charge is 0.386 e. The molecule has 4 heteroatoms. The highest BCUT2D eigenvalue weighted by Gasteiger charge is 2.35. The molecule has 0 aromatic heterocycles. The van der Waals surface area contributed by atoms with Crippen molar-refractivity contribution in [3.05, 3.63) is 70.5 Å². The lowest BCUT2D eigenvalue weighted by Crippen LogP contribution is -2.23. The summed E-state index contributed by atoms with van der Waals surface area (Å²) in [6, 6.07) is 11.2. The lowest BCUT2D eigenvalue weighted by Gasteiger charge is -2.20. The minimum absolute atomic E-state index is 0.211. The topological polar surface area (TPSA) is 49.3 Å². The molecule has 1 amide bonds. The summed E-state index contributed by atoms with van der Waals surface area (Å²) >= 11 is 0. The maximum absolute atomic E-state index is 13.0. The molecule has 0 fully saturated rings. The van der Waals surface area contributed by atoms with Crippen molar-refractivity contribution in [3.63, 3.8) is 0 Å². The number of nitrogens with one attached hydrogen (secondary N) is 1. The number of halogens is 1. The Morgan fingerprint density at radius 1 is 1.14 bits per heavy atom. The monoisotopic (exact) mass is 285 g/mol. The standard InChI is InChI=1S/C17H16FNO2/c1-17(2,21)13-5-3-4-12-14(13)16(20)19-15(12)10-6-8-11(18)9-7-10/h3-9,15,21H,1-2H3,(H,19,20). The Balaban J connectivity index is 2.13. The molecule has 1 unspecified atom stereocenters.